The molecule has 12 heteroatoms. The van der Waals surface area contributed by atoms with Crippen molar-refractivity contribution in [2.75, 3.05) is 57.3 Å². The number of benzene rings is 3. The van der Waals surface area contributed by atoms with Gasteiger partial charge >= 0.3 is 0 Å². The quantitative estimate of drug-likeness (QED) is 0.196. The van der Waals surface area contributed by atoms with Crippen LogP contribution in [0.1, 0.15) is 67.1 Å². The van der Waals surface area contributed by atoms with Crippen molar-refractivity contribution in [2.45, 2.75) is 55.8 Å². The highest BCUT2D eigenvalue weighted by atomic mass is 16.3. The molecule has 3 N–H and O–H groups in total. The number of likely N-dealkylation sites (tertiary alicyclic amines) is 2. The summed E-state index contributed by atoms with van der Waals surface area (Å²) in [5.74, 6) is 0.594. The maximum absolute atomic E-state index is 13.7. The highest BCUT2D eigenvalue weighted by molar-refractivity contribution is 6.00. The molecule has 0 radical (unpaired) electrons. The van der Waals surface area contributed by atoms with Crippen LogP contribution in [0.4, 0.5) is 5.69 Å². The van der Waals surface area contributed by atoms with Crippen molar-refractivity contribution in [1.82, 2.24) is 30.6 Å². The van der Waals surface area contributed by atoms with E-state index in [1.807, 2.05) is 41.3 Å². The van der Waals surface area contributed by atoms with Crippen molar-refractivity contribution >= 4 is 29.3 Å². The van der Waals surface area contributed by atoms with Crippen LogP contribution in [0.25, 0.3) is 11.3 Å². The molecule has 1 unspecified atom stereocenters. The standard InChI is InChI=1S/C46H51N7O5/c54-40-9-5-4-8-36(40)39-24-34(25-48-50-39)52-22-18-46(19-23-52,33-6-2-1-3-7-33)29-47-45(58)43-37-26-53(27-38(37)43)42(56)28-51-20-16-31(17-21-51)30-10-12-32(13-11-30)35-14-15-41(55)49-44(35)57/h1-13,24-25,31,35,37-38,43,54H,14-23,26-29H2,(H,47,58)(H,49,55,57)/t35-,37-,38+,43?/m1/s1. The number of rotatable bonds is 10. The second kappa shape index (κ2) is 16.0. The van der Waals surface area contributed by atoms with Crippen LogP contribution in [0, 0.1) is 17.8 Å². The van der Waals surface area contributed by atoms with Crippen LogP contribution in [-0.4, -0.2) is 101 Å². The molecule has 58 heavy (non-hydrogen) atoms. The van der Waals surface area contributed by atoms with Crippen molar-refractivity contribution in [3.8, 4) is 17.0 Å². The summed E-state index contributed by atoms with van der Waals surface area (Å²) in [6.07, 6.45) is 6.37. The molecular formula is C46H51N7O5. The zero-order valence-corrected chi connectivity index (χ0v) is 32.8. The number of carbonyl (C=O) groups is 4. The number of aromatic hydroxyl groups is 1. The molecule has 1 aromatic heterocycles. The van der Waals surface area contributed by atoms with Crippen molar-refractivity contribution in [1.29, 1.82) is 0 Å². The Labute approximate surface area is 339 Å². The molecule has 1 aliphatic carbocycles. The van der Waals surface area contributed by atoms with E-state index in [0.29, 0.717) is 56.2 Å². The largest absolute Gasteiger partial charge is 0.507 e. The number of fused-ring (bicyclic) bond motifs is 1. The Morgan fingerprint density at radius 1 is 0.845 bits per heavy atom. The molecule has 0 spiro atoms. The molecule has 3 aromatic carbocycles. The number of carbonyl (C=O) groups excluding carboxylic acids is 4. The van der Waals surface area contributed by atoms with Crippen molar-refractivity contribution < 1.29 is 24.3 Å². The van der Waals surface area contributed by atoms with Gasteiger partial charge in [-0.15, -0.1) is 0 Å². The fourth-order valence-corrected chi connectivity index (χ4v) is 10.1. The third-order valence-electron chi connectivity index (χ3n) is 13.7. The molecule has 5 fully saturated rings. The third-order valence-corrected chi connectivity index (χ3v) is 13.7. The molecular weight excluding hydrogens is 731 g/mol. The summed E-state index contributed by atoms with van der Waals surface area (Å²) in [5.41, 5.74) is 5.49. The number of anilines is 1. The number of para-hydroxylation sites is 1. The first kappa shape index (κ1) is 37.9. The van der Waals surface area contributed by atoms with Crippen LogP contribution in [0.5, 0.6) is 5.75 Å². The number of hydrogen-bond donors (Lipinski definition) is 3. The van der Waals surface area contributed by atoms with Crippen LogP contribution in [-0.2, 0) is 24.6 Å². The summed E-state index contributed by atoms with van der Waals surface area (Å²) in [7, 11) is 0. The van der Waals surface area contributed by atoms with Crippen LogP contribution < -0.4 is 15.5 Å². The summed E-state index contributed by atoms with van der Waals surface area (Å²) >= 11 is 0. The number of imide groups is 1. The molecule has 1 saturated carbocycles. The summed E-state index contributed by atoms with van der Waals surface area (Å²) in [4.78, 5) is 57.5. The minimum atomic E-state index is -0.271. The van der Waals surface area contributed by atoms with Gasteiger partial charge < -0.3 is 20.2 Å². The second-order valence-electron chi connectivity index (χ2n) is 17.0. The normalized spacial score (nSPS) is 24.6. The Hall–Kier alpha value is -5.62. The van der Waals surface area contributed by atoms with Crippen LogP contribution in [0.15, 0.2) is 91.1 Å². The lowest BCUT2D eigenvalue weighted by Crippen LogP contribution is -2.49. The summed E-state index contributed by atoms with van der Waals surface area (Å²) in [5, 5.41) is 24.8. The predicted octanol–water partition coefficient (Wildman–Crippen LogP) is 4.61. The van der Waals surface area contributed by atoms with Crippen LogP contribution in [0.2, 0.25) is 0 Å². The zero-order chi connectivity index (χ0) is 39.8. The third kappa shape index (κ3) is 7.69. The second-order valence-corrected chi connectivity index (χ2v) is 17.0. The lowest BCUT2D eigenvalue weighted by atomic mass is 9.72. The average molecular weight is 782 g/mol. The Bertz CT molecular complexity index is 2150. The van der Waals surface area contributed by atoms with Crippen molar-refractivity contribution in [3.05, 3.63) is 108 Å². The van der Waals surface area contributed by atoms with E-state index in [1.165, 1.54) is 11.1 Å². The van der Waals surface area contributed by atoms with Gasteiger partial charge in [-0.3, -0.25) is 29.4 Å². The van der Waals surface area contributed by atoms with Gasteiger partial charge in [-0.25, -0.2) is 0 Å². The number of nitrogens with one attached hydrogen (secondary N) is 2. The fraction of sp³-hybridized carbons (Fsp3) is 0.435. The first-order valence-corrected chi connectivity index (χ1v) is 20.9. The van der Waals surface area contributed by atoms with Gasteiger partial charge in [0, 0.05) is 56.0 Å². The first-order chi connectivity index (χ1) is 28.2. The summed E-state index contributed by atoms with van der Waals surface area (Å²) < 4.78 is 0. The SMILES string of the molecule is O=C1CC[C@H](c2ccc(C3CCN(CC(=O)N4C[C@@H]5C(C(=O)NCC6(c7ccccc7)CCN(c7cnnc(-c8ccccc8O)c7)CC6)[C@@H]5C4)CC3)cc2)C(=O)N1. The van der Waals surface area contributed by atoms with Gasteiger partial charge in [-0.2, -0.15) is 10.2 Å². The zero-order valence-electron chi connectivity index (χ0n) is 32.8. The van der Waals surface area contributed by atoms with Crippen LogP contribution in [0.3, 0.4) is 0 Å². The highest BCUT2D eigenvalue weighted by Crippen LogP contribution is 2.52. The molecule has 5 heterocycles. The van der Waals surface area contributed by atoms with Gasteiger partial charge in [0.25, 0.3) is 0 Å². The van der Waals surface area contributed by atoms with E-state index in [-0.39, 0.29) is 58.5 Å². The fourth-order valence-electron chi connectivity index (χ4n) is 10.1. The summed E-state index contributed by atoms with van der Waals surface area (Å²) in [6, 6.07) is 28.0. The van der Waals surface area contributed by atoms with E-state index >= 15 is 0 Å². The molecule has 0 bridgehead atoms. The van der Waals surface area contributed by atoms with E-state index in [2.05, 4.69) is 67.0 Å². The monoisotopic (exact) mass is 781 g/mol. The lowest BCUT2D eigenvalue weighted by Gasteiger charge is -2.43. The Kier molecular flexibility index (Phi) is 10.4. The molecule has 4 aliphatic heterocycles. The van der Waals surface area contributed by atoms with Crippen molar-refractivity contribution in [3.63, 3.8) is 0 Å². The van der Waals surface area contributed by atoms with Gasteiger partial charge in [0.05, 0.1) is 30.0 Å². The molecule has 12 nitrogen and oxygen atoms in total. The average Bonchev–Trinajstić information content (AvgIpc) is 3.76. The number of hydrogen-bond acceptors (Lipinski definition) is 9. The Morgan fingerprint density at radius 2 is 1.53 bits per heavy atom. The van der Waals surface area contributed by atoms with Gasteiger partial charge in [0.2, 0.25) is 23.6 Å². The first-order valence-electron chi connectivity index (χ1n) is 20.9. The maximum atomic E-state index is 13.7. The molecule has 4 saturated heterocycles. The highest BCUT2D eigenvalue weighted by Gasteiger charge is 2.60. The lowest BCUT2D eigenvalue weighted by molar-refractivity contribution is -0.134. The molecule has 4 aromatic rings. The molecule has 4 amide bonds. The Balaban J connectivity index is 0.741. The number of aromatic nitrogens is 2. The van der Waals surface area contributed by atoms with Crippen LogP contribution >= 0.6 is 0 Å². The van der Waals surface area contributed by atoms with E-state index in [9.17, 15) is 24.3 Å². The minimum Gasteiger partial charge on any atom is -0.507 e. The van der Waals surface area contributed by atoms with Gasteiger partial charge in [0.15, 0.2) is 0 Å². The smallest absolute Gasteiger partial charge is 0.236 e. The van der Waals surface area contributed by atoms with E-state index in [1.54, 1.807) is 18.3 Å². The number of phenolic OH excluding ortho intramolecular Hbond substituents is 1. The van der Waals surface area contributed by atoms with Gasteiger partial charge in [-0.05, 0) is 97.8 Å². The minimum absolute atomic E-state index is 0.0372. The Morgan fingerprint density at radius 3 is 2.24 bits per heavy atom. The van der Waals surface area contributed by atoms with Gasteiger partial charge in [-0.1, -0.05) is 66.7 Å². The summed E-state index contributed by atoms with van der Waals surface area (Å²) in [6.45, 7) is 5.59. The number of phenols is 1. The topological polar surface area (TPSA) is 148 Å². The van der Waals surface area contributed by atoms with Crippen molar-refractivity contribution in [2.24, 2.45) is 17.8 Å². The predicted molar refractivity (Wildman–Crippen MR) is 219 cm³/mol. The number of piperidine rings is 4. The molecule has 4 atom stereocenters. The van der Waals surface area contributed by atoms with E-state index in [4.69, 9.17) is 0 Å². The van der Waals surface area contributed by atoms with E-state index < -0.39 is 0 Å². The number of nitrogens with zero attached hydrogens (tertiary/aromatic N) is 5. The molecule has 5 aliphatic rings. The molecule has 9 rings (SSSR count). The van der Waals surface area contributed by atoms with Gasteiger partial charge in [0.1, 0.15) is 5.75 Å². The maximum Gasteiger partial charge on any atom is 0.236 e. The molecule has 300 valence electrons. The van der Waals surface area contributed by atoms with E-state index in [0.717, 1.165) is 63.1 Å². The number of amides is 4.